The van der Waals surface area contributed by atoms with E-state index in [1.54, 1.807) is 0 Å². The van der Waals surface area contributed by atoms with E-state index >= 15 is 0 Å². The van der Waals surface area contributed by atoms with E-state index in [4.69, 9.17) is 0 Å². The van der Waals surface area contributed by atoms with E-state index in [0.717, 1.165) is 17.5 Å². The van der Waals surface area contributed by atoms with Gasteiger partial charge < -0.3 is 15.0 Å². The van der Waals surface area contributed by atoms with Gasteiger partial charge in [-0.05, 0) is 62.3 Å². The molecule has 2 aliphatic rings. The van der Waals surface area contributed by atoms with Crippen molar-refractivity contribution in [3.63, 3.8) is 0 Å². The van der Waals surface area contributed by atoms with E-state index in [2.05, 4.69) is 26.8 Å². The van der Waals surface area contributed by atoms with Crippen LogP contribution in [0.1, 0.15) is 42.5 Å². The van der Waals surface area contributed by atoms with Crippen LogP contribution in [0.2, 0.25) is 0 Å². The molecular weight excluding hydrogens is 362 g/mol. The summed E-state index contributed by atoms with van der Waals surface area (Å²) in [5, 5.41) is 14.2. The number of hydrogen-bond donors (Lipinski definition) is 2. The number of aliphatic hydroxyl groups excluding tert-OH is 1. The Labute approximate surface area is 161 Å². The van der Waals surface area contributed by atoms with Crippen LogP contribution in [0.15, 0.2) is 30.7 Å². The molecule has 0 bridgehead atoms. The van der Waals surface area contributed by atoms with Crippen LogP contribution < -0.4 is 5.32 Å². The zero-order valence-corrected chi connectivity index (χ0v) is 15.3. The maximum absolute atomic E-state index is 14.3. The van der Waals surface area contributed by atoms with Crippen LogP contribution in [0.4, 0.5) is 14.6 Å². The van der Waals surface area contributed by atoms with Gasteiger partial charge in [-0.2, -0.15) is 0 Å². The zero-order valence-electron chi connectivity index (χ0n) is 15.3. The van der Waals surface area contributed by atoms with Gasteiger partial charge in [-0.25, -0.2) is 18.7 Å². The van der Waals surface area contributed by atoms with Gasteiger partial charge in [-0.1, -0.05) is 0 Å². The third-order valence-electron chi connectivity index (χ3n) is 6.12. The first kappa shape index (κ1) is 17.6. The van der Waals surface area contributed by atoms with Crippen molar-refractivity contribution in [2.75, 3.05) is 5.32 Å². The van der Waals surface area contributed by atoms with Crippen molar-refractivity contribution in [2.45, 2.75) is 43.9 Å². The third-order valence-corrected chi connectivity index (χ3v) is 6.12. The van der Waals surface area contributed by atoms with Gasteiger partial charge in [0, 0.05) is 17.8 Å². The minimum Gasteiger partial charge on any atom is -0.393 e. The summed E-state index contributed by atoms with van der Waals surface area (Å²) < 4.78 is 30.4. The van der Waals surface area contributed by atoms with E-state index in [1.807, 2.05) is 12.3 Å². The molecule has 5 rings (SSSR count). The van der Waals surface area contributed by atoms with E-state index in [0.29, 0.717) is 36.2 Å². The molecule has 145 valence electrons. The first-order valence-corrected chi connectivity index (χ1v) is 9.59. The highest BCUT2D eigenvalue weighted by Gasteiger charge is 2.32. The molecule has 2 aliphatic carbocycles. The molecule has 0 saturated heterocycles. The first-order chi connectivity index (χ1) is 13.5. The van der Waals surface area contributed by atoms with Crippen LogP contribution in [0.25, 0.3) is 11.0 Å². The normalized spacial score (nSPS) is 26.7. The van der Waals surface area contributed by atoms with Crippen molar-refractivity contribution in [1.29, 1.82) is 0 Å². The number of nitrogens with zero attached hydrogens (tertiary/aromatic N) is 3. The summed E-state index contributed by atoms with van der Waals surface area (Å²) in [6, 6.07) is 4.10. The smallest absolute Gasteiger partial charge is 0.145 e. The quantitative estimate of drug-likeness (QED) is 0.719. The van der Waals surface area contributed by atoms with Crippen LogP contribution in [0.3, 0.4) is 0 Å². The SMILES string of the molecule is [CH2][C@H]1C[C@@H](n2ccc3c(N[C@H]4CCc5c(F)ccc(F)c54)ncnc32)C[C@@H]1O. The summed E-state index contributed by atoms with van der Waals surface area (Å²) in [5.74, 6) is -0.136. The van der Waals surface area contributed by atoms with Gasteiger partial charge in [0.05, 0.1) is 17.5 Å². The summed E-state index contributed by atoms with van der Waals surface area (Å²) in [5.41, 5.74) is 1.61. The van der Waals surface area contributed by atoms with Gasteiger partial charge >= 0.3 is 0 Å². The van der Waals surface area contributed by atoms with Gasteiger partial charge in [0.15, 0.2) is 0 Å². The fourth-order valence-electron chi connectivity index (χ4n) is 4.66. The minimum absolute atomic E-state index is 0.00902. The van der Waals surface area contributed by atoms with Crippen LogP contribution in [-0.2, 0) is 6.42 Å². The standard InChI is InChI=1S/C21H21F2N4O/c1-11-8-12(9-18(11)28)27-7-6-14-20(24-10-25-21(14)27)26-17-5-2-13-15(22)3-4-16(23)19(13)17/h3-4,6-7,10-12,17-18,28H,1-2,5,8-9H2,(H,24,25,26)/t11-,12+,17-,18-/m0/s1. The van der Waals surface area contributed by atoms with Crippen molar-refractivity contribution in [1.82, 2.24) is 14.5 Å². The molecule has 5 nitrogen and oxygen atoms in total. The Balaban J connectivity index is 1.49. The Morgan fingerprint density at radius 2 is 1.96 bits per heavy atom. The van der Waals surface area contributed by atoms with Crippen molar-refractivity contribution in [3.8, 4) is 0 Å². The Morgan fingerprint density at radius 3 is 2.75 bits per heavy atom. The molecular formula is C21H21F2N4O. The second kappa shape index (κ2) is 6.51. The summed E-state index contributed by atoms with van der Waals surface area (Å²) in [6.45, 7) is 4.01. The Morgan fingerprint density at radius 1 is 1.14 bits per heavy atom. The van der Waals surface area contributed by atoms with Gasteiger partial charge in [0.2, 0.25) is 0 Å². The van der Waals surface area contributed by atoms with E-state index < -0.39 is 11.9 Å². The van der Waals surface area contributed by atoms with Crippen molar-refractivity contribution in [2.24, 2.45) is 5.92 Å². The van der Waals surface area contributed by atoms with E-state index in [1.165, 1.54) is 18.5 Å². The highest BCUT2D eigenvalue weighted by atomic mass is 19.1. The number of aliphatic hydroxyl groups is 1. The number of aromatic nitrogens is 3. The van der Waals surface area contributed by atoms with Gasteiger partial charge in [-0.3, -0.25) is 0 Å². The Kier molecular flexibility index (Phi) is 4.08. The fourth-order valence-corrected chi connectivity index (χ4v) is 4.66. The number of benzene rings is 1. The highest BCUT2D eigenvalue weighted by Crippen LogP contribution is 2.39. The number of fused-ring (bicyclic) bond motifs is 2. The average molecular weight is 383 g/mol. The van der Waals surface area contributed by atoms with Crippen LogP contribution >= 0.6 is 0 Å². The molecule has 2 aromatic heterocycles. The summed E-state index contributed by atoms with van der Waals surface area (Å²) in [4.78, 5) is 8.77. The lowest BCUT2D eigenvalue weighted by molar-refractivity contribution is 0.149. The molecule has 4 atom stereocenters. The predicted octanol–water partition coefficient (Wildman–Crippen LogP) is 3.95. The molecule has 0 unspecified atom stereocenters. The lowest BCUT2D eigenvalue weighted by Crippen LogP contribution is -2.11. The number of halogens is 2. The predicted molar refractivity (Wildman–Crippen MR) is 102 cm³/mol. The lowest BCUT2D eigenvalue weighted by Gasteiger charge is -2.17. The number of hydrogen-bond acceptors (Lipinski definition) is 4. The molecule has 1 radical (unpaired) electrons. The molecule has 1 fully saturated rings. The van der Waals surface area contributed by atoms with Crippen LogP contribution in [0.5, 0.6) is 0 Å². The monoisotopic (exact) mass is 383 g/mol. The van der Waals surface area contributed by atoms with Crippen molar-refractivity contribution in [3.05, 3.63) is 60.4 Å². The van der Waals surface area contributed by atoms with Crippen LogP contribution in [0, 0.1) is 24.5 Å². The fraction of sp³-hybridized carbons (Fsp3) is 0.381. The molecule has 28 heavy (non-hydrogen) atoms. The zero-order chi connectivity index (χ0) is 19.4. The molecule has 3 aromatic rings. The van der Waals surface area contributed by atoms with Crippen molar-refractivity contribution < 1.29 is 13.9 Å². The summed E-state index contributed by atoms with van der Waals surface area (Å²) in [6.07, 6.45) is 5.56. The van der Waals surface area contributed by atoms with E-state index in [9.17, 15) is 13.9 Å². The molecule has 2 N–H and O–H groups in total. The molecule has 0 amide bonds. The molecule has 0 aliphatic heterocycles. The second-order valence-electron chi connectivity index (χ2n) is 7.79. The number of rotatable bonds is 3. The average Bonchev–Trinajstić information content (AvgIpc) is 3.37. The second-order valence-corrected chi connectivity index (χ2v) is 7.79. The Bertz CT molecular complexity index is 1040. The summed E-state index contributed by atoms with van der Waals surface area (Å²) in [7, 11) is 0. The van der Waals surface area contributed by atoms with Gasteiger partial charge in [0.1, 0.15) is 29.4 Å². The maximum atomic E-state index is 14.3. The molecule has 1 aromatic carbocycles. The van der Waals surface area contributed by atoms with Gasteiger partial charge in [-0.15, -0.1) is 0 Å². The molecule has 1 saturated carbocycles. The van der Waals surface area contributed by atoms with Crippen molar-refractivity contribution >= 4 is 16.9 Å². The topological polar surface area (TPSA) is 63.0 Å². The first-order valence-electron chi connectivity index (χ1n) is 9.59. The molecule has 2 heterocycles. The molecule has 0 spiro atoms. The number of nitrogens with one attached hydrogen (secondary N) is 1. The van der Waals surface area contributed by atoms with Gasteiger partial charge in [0.25, 0.3) is 0 Å². The minimum atomic E-state index is -0.408. The molecule has 7 heteroatoms. The maximum Gasteiger partial charge on any atom is 0.145 e. The summed E-state index contributed by atoms with van der Waals surface area (Å²) >= 11 is 0. The number of anilines is 1. The largest absolute Gasteiger partial charge is 0.393 e. The van der Waals surface area contributed by atoms with E-state index in [-0.39, 0.29) is 23.8 Å². The lowest BCUT2D eigenvalue weighted by atomic mass is 10.1. The highest BCUT2D eigenvalue weighted by molar-refractivity contribution is 5.87. The third kappa shape index (κ3) is 2.68. The van der Waals surface area contributed by atoms with Crippen LogP contribution in [-0.4, -0.2) is 25.7 Å². The Hall–Kier alpha value is -2.54.